The summed E-state index contributed by atoms with van der Waals surface area (Å²) in [7, 11) is 0. The molecule has 1 aliphatic carbocycles. The fourth-order valence-corrected chi connectivity index (χ4v) is 4.45. The summed E-state index contributed by atoms with van der Waals surface area (Å²) in [6.07, 6.45) is 9.71. The summed E-state index contributed by atoms with van der Waals surface area (Å²) in [5, 5.41) is 7.27. The maximum absolute atomic E-state index is 12.6. The van der Waals surface area contributed by atoms with E-state index in [0.717, 1.165) is 29.0 Å². The molecule has 1 aromatic carbocycles. The van der Waals surface area contributed by atoms with E-state index in [4.69, 9.17) is 0 Å². The van der Waals surface area contributed by atoms with E-state index in [1.54, 1.807) is 17.5 Å². The normalized spacial score (nSPS) is 13.9. The number of benzene rings is 1. The second kappa shape index (κ2) is 7.23. The summed E-state index contributed by atoms with van der Waals surface area (Å²) in [5.41, 5.74) is 3.32. The zero-order valence-corrected chi connectivity index (χ0v) is 14.9. The average molecular weight is 351 g/mol. The van der Waals surface area contributed by atoms with Gasteiger partial charge in [0.25, 0.3) is 5.91 Å². The molecular formula is C20H21N3OS. The highest BCUT2D eigenvalue weighted by Gasteiger charge is 2.16. The Hall–Kier alpha value is -2.40. The zero-order valence-electron chi connectivity index (χ0n) is 14.1. The lowest BCUT2D eigenvalue weighted by atomic mass is 10.1. The molecule has 0 aliphatic heterocycles. The van der Waals surface area contributed by atoms with Crippen LogP contribution in [0.25, 0.3) is 0 Å². The van der Waals surface area contributed by atoms with Gasteiger partial charge >= 0.3 is 0 Å². The Bertz CT molecular complexity index is 843. The third kappa shape index (κ3) is 3.82. The molecule has 3 aromatic rings. The van der Waals surface area contributed by atoms with Gasteiger partial charge in [0.05, 0.1) is 11.4 Å². The monoisotopic (exact) mass is 351 g/mol. The van der Waals surface area contributed by atoms with Crippen molar-refractivity contribution in [3.05, 3.63) is 69.7 Å². The predicted molar refractivity (Wildman–Crippen MR) is 101 cm³/mol. The smallest absolute Gasteiger partial charge is 0.265 e. The fraction of sp³-hybridized carbons (Fsp3) is 0.300. The molecule has 0 saturated carbocycles. The van der Waals surface area contributed by atoms with E-state index in [1.165, 1.54) is 29.7 Å². The Balaban J connectivity index is 1.47. The summed E-state index contributed by atoms with van der Waals surface area (Å²) in [4.78, 5) is 14.8. The Labute approximate surface area is 151 Å². The highest BCUT2D eigenvalue weighted by atomic mass is 32.1. The maximum atomic E-state index is 12.6. The Kier molecular flexibility index (Phi) is 4.65. The van der Waals surface area contributed by atoms with E-state index in [0.29, 0.717) is 6.54 Å². The summed E-state index contributed by atoms with van der Waals surface area (Å²) >= 11 is 1.66. The summed E-state index contributed by atoms with van der Waals surface area (Å²) in [5.74, 6) is -0.00527. The lowest BCUT2D eigenvalue weighted by Gasteiger charge is -2.07. The molecular weight excluding hydrogens is 330 g/mol. The van der Waals surface area contributed by atoms with Crippen molar-refractivity contribution in [1.82, 2.24) is 9.78 Å². The van der Waals surface area contributed by atoms with Crippen LogP contribution in [0.2, 0.25) is 0 Å². The predicted octanol–water partition coefficient (Wildman–Crippen LogP) is 4.51. The van der Waals surface area contributed by atoms with Crippen LogP contribution < -0.4 is 5.32 Å². The lowest BCUT2D eigenvalue weighted by molar-refractivity contribution is 0.103. The van der Waals surface area contributed by atoms with E-state index in [1.807, 2.05) is 41.2 Å². The molecule has 0 unspecified atom stereocenters. The Morgan fingerprint density at radius 2 is 2.08 bits per heavy atom. The van der Waals surface area contributed by atoms with Crippen molar-refractivity contribution in [2.75, 3.05) is 5.32 Å². The highest BCUT2D eigenvalue weighted by Crippen LogP contribution is 2.29. The molecule has 128 valence electrons. The van der Waals surface area contributed by atoms with Crippen molar-refractivity contribution >= 4 is 22.9 Å². The zero-order chi connectivity index (χ0) is 17.1. The van der Waals surface area contributed by atoms with E-state index >= 15 is 0 Å². The summed E-state index contributed by atoms with van der Waals surface area (Å²) in [6, 6.07) is 12.0. The minimum Gasteiger partial charge on any atom is -0.321 e. The molecule has 5 heteroatoms. The Morgan fingerprint density at radius 3 is 2.96 bits per heavy atom. The van der Waals surface area contributed by atoms with Crippen molar-refractivity contribution in [3.8, 4) is 0 Å². The molecule has 25 heavy (non-hydrogen) atoms. The average Bonchev–Trinajstić information content (AvgIpc) is 3.21. The van der Waals surface area contributed by atoms with Gasteiger partial charge in [0.15, 0.2) is 0 Å². The Morgan fingerprint density at radius 1 is 1.16 bits per heavy atom. The molecule has 0 bridgehead atoms. The van der Waals surface area contributed by atoms with Crippen molar-refractivity contribution in [3.63, 3.8) is 0 Å². The summed E-state index contributed by atoms with van der Waals surface area (Å²) < 4.78 is 1.87. The fourth-order valence-electron chi connectivity index (χ4n) is 3.30. The third-order valence-corrected chi connectivity index (χ3v) is 5.79. The lowest BCUT2D eigenvalue weighted by Crippen LogP contribution is -2.10. The first-order chi connectivity index (χ1) is 12.3. The van der Waals surface area contributed by atoms with Crippen LogP contribution in [0.4, 0.5) is 5.69 Å². The van der Waals surface area contributed by atoms with Gasteiger partial charge < -0.3 is 5.32 Å². The van der Waals surface area contributed by atoms with Crippen LogP contribution in [0.15, 0.2) is 48.8 Å². The molecule has 4 rings (SSSR count). The van der Waals surface area contributed by atoms with Crippen LogP contribution in [0.1, 0.15) is 44.9 Å². The number of carbonyl (C=O) groups is 1. The van der Waals surface area contributed by atoms with Gasteiger partial charge in [-0.2, -0.15) is 5.10 Å². The number of nitrogens with one attached hydrogen (secondary N) is 1. The number of thiophene rings is 1. The third-order valence-electron chi connectivity index (χ3n) is 4.56. The van der Waals surface area contributed by atoms with Gasteiger partial charge in [0.2, 0.25) is 0 Å². The largest absolute Gasteiger partial charge is 0.321 e. The van der Waals surface area contributed by atoms with Crippen LogP contribution >= 0.6 is 11.3 Å². The number of nitrogens with zero attached hydrogens (tertiary/aromatic N) is 2. The van der Waals surface area contributed by atoms with Gasteiger partial charge in [-0.3, -0.25) is 9.48 Å². The second-order valence-electron chi connectivity index (χ2n) is 6.48. The van der Waals surface area contributed by atoms with Gasteiger partial charge in [-0.05, 0) is 61.1 Å². The number of hydrogen-bond donors (Lipinski definition) is 1. The van der Waals surface area contributed by atoms with Crippen LogP contribution in [-0.4, -0.2) is 15.7 Å². The summed E-state index contributed by atoms with van der Waals surface area (Å²) in [6.45, 7) is 0.698. The molecule has 2 heterocycles. The molecule has 0 saturated heterocycles. The van der Waals surface area contributed by atoms with Crippen LogP contribution in [-0.2, 0) is 19.4 Å². The number of rotatable bonds is 4. The van der Waals surface area contributed by atoms with Gasteiger partial charge in [0, 0.05) is 23.0 Å². The van der Waals surface area contributed by atoms with Gasteiger partial charge in [-0.25, -0.2) is 0 Å². The van der Waals surface area contributed by atoms with Gasteiger partial charge in [-0.1, -0.05) is 18.6 Å². The van der Waals surface area contributed by atoms with Crippen molar-refractivity contribution in [1.29, 1.82) is 0 Å². The molecule has 0 fully saturated rings. The second-order valence-corrected chi connectivity index (χ2v) is 7.61. The molecule has 0 atom stereocenters. The maximum Gasteiger partial charge on any atom is 0.265 e. The molecule has 4 nitrogen and oxygen atoms in total. The SMILES string of the molecule is O=C(Nc1cccc(Cn2cccn2)c1)c1cc2c(s1)CCCCC2. The van der Waals surface area contributed by atoms with E-state index in [9.17, 15) is 4.79 Å². The van der Waals surface area contributed by atoms with Crippen LogP contribution in [0.5, 0.6) is 0 Å². The van der Waals surface area contributed by atoms with E-state index < -0.39 is 0 Å². The number of carbonyl (C=O) groups excluding carboxylic acids is 1. The standard InChI is InChI=1S/C20H21N3OS/c24-20(19-13-16-7-2-1-3-9-18(16)25-19)22-17-8-4-6-15(12-17)14-23-11-5-10-21-23/h4-6,8,10-13H,1-3,7,9,14H2,(H,22,24). The van der Waals surface area contributed by atoms with Crippen molar-refractivity contribution < 1.29 is 4.79 Å². The number of amides is 1. The minimum absolute atomic E-state index is 0.00527. The number of hydrogen-bond acceptors (Lipinski definition) is 3. The van der Waals surface area contributed by atoms with E-state index in [2.05, 4.69) is 16.5 Å². The first kappa shape index (κ1) is 16.1. The molecule has 2 aromatic heterocycles. The van der Waals surface area contributed by atoms with Crippen LogP contribution in [0.3, 0.4) is 0 Å². The number of anilines is 1. The molecule has 1 N–H and O–H groups in total. The van der Waals surface area contributed by atoms with Gasteiger partial charge in [0.1, 0.15) is 0 Å². The van der Waals surface area contributed by atoms with Gasteiger partial charge in [-0.15, -0.1) is 11.3 Å². The number of aryl methyl sites for hydroxylation is 2. The molecule has 0 radical (unpaired) electrons. The number of aromatic nitrogens is 2. The molecule has 0 spiro atoms. The van der Waals surface area contributed by atoms with Crippen molar-refractivity contribution in [2.45, 2.75) is 38.6 Å². The molecule has 1 amide bonds. The highest BCUT2D eigenvalue weighted by molar-refractivity contribution is 7.14. The first-order valence-electron chi connectivity index (χ1n) is 8.77. The van der Waals surface area contributed by atoms with E-state index in [-0.39, 0.29) is 5.91 Å². The topological polar surface area (TPSA) is 46.9 Å². The first-order valence-corrected chi connectivity index (χ1v) is 9.59. The number of fused-ring (bicyclic) bond motifs is 1. The van der Waals surface area contributed by atoms with Crippen molar-refractivity contribution in [2.24, 2.45) is 0 Å². The minimum atomic E-state index is -0.00527. The molecule has 1 aliphatic rings. The quantitative estimate of drug-likeness (QED) is 0.703. The van der Waals surface area contributed by atoms with Crippen LogP contribution in [0, 0.1) is 0 Å².